The van der Waals surface area contributed by atoms with Crippen LogP contribution in [0.1, 0.15) is 19.7 Å². The van der Waals surface area contributed by atoms with Crippen molar-refractivity contribution in [3.05, 3.63) is 41.4 Å². The fraction of sp³-hybridized carbons (Fsp3) is 0.357. The minimum absolute atomic E-state index is 0.614. The monoisotopic (exact) mass is 264 g/mol. The molecule has 2 rings (SSSR count). The molecule has 0 saturated carbocycles. The second kappa shape index (κ2) is 6.03. The highest BCUT2D eigenvalue weighted by atomic mass is 35.5. The molecule has 0 fully saturated rings. The maximum absolute atomic E-state index is 6.11. The molecule has 0 unspecified atom stereocenters. The van der Waals surface area contributed by atoms with Crippen molar-refractivity contribution in [2.45, 2.75) is 20.4 Å². The first-order chi connectivity index (χ1) is 8.66. The molecule has 0 bridgehead atoms. The number of nitrogens with one attached hydrogen (secondary N) is 1. The highest BCUT2D eigenvalue weighted by Crippen LogP contribution is 2.27. The normalized spacial score (nSPS) is 11.1. The molecule has 1 aromatic heterocycles. The van der Waals surface area contributed by atoms with Crippen LogP contribution in [0.5, 0.6) is 0 Å². The van der Waals surface area contributed by atoms with E-state index in [2.05, 4.69) is 24.1 Å². The molecule has 0 atom stereocenters. The van der Waals surface area contributed by atoms with Crippen LogP contribution in [0.15, 0.2) is 34.9 Å². The van der Waals surface area contributed by atoms with Crippen molar-refractivity contribution in [2.75, 3.05) is 6.54 Å². The third kappa shape index (κ3) is 3.34. The van der Waals surface area contributed by atoms with Gasteiger partial charge in [0.15, 0.2) is 5.76 Å². The van der Waals surface area contributed by atoms with Crippen molar-refractivity contribution in [3.8, 4) is 11.3 Å². The topological polar surface area (TPSA) is 38.1 Å². The molecule has 4 heteroatoms. The van der Waals surface area contributed by atoms with Crippen LogP contribution in [0.4, 0.5) is 0 Å². The lowest BCUT2D eigenvalue weighted by Crippen LogP contribution is -2.18. The van der Waals surface area contributed by atoms with Crippen molar-refractivity contribution < 1.29 is 4.42 Å². The van der Waals surface area contributed by atoms with Crippen LogP contribution in [0, 0.1) is 5.92 Å². The molecule has 0 amide bonds. The highest BCUT2D eigenvalue weighted by molar-refractivity contribution is 6.33. The summed E-state index contributed by atoms with van der Waals surface area (Å²) in [5.41, 5.74) is 0.877. The first-order valence-corrected chi connectivity index (χ1v) is 6.45. The first kappa shape index (κ1) is 13.1. The van der Waals surface area contributed by atoms with E-state index >= 15 is 0 Å². The Morgan fingerprint density at radius 2 is 2.11 bits per heavy atom. The lowest BCUT2D eigenvalue weighted by molar-refractivity contribution is 0.459. The number of hydrogen-bond donors (Lipinski definition) is 1. The van der Waals surface area contributed by atoms with E-state index < -0.39 is 0 Å². The standard InChI is InChI=1S/C14H17ClN2O/c1-10(2)7-16-9-14-17-8-13(18-14)11-5-3-4-6-12(11)15/h3-6,8,10,16H,7,9H2,1-2H3. The van der Waals surface area contributed by atoms with Gasteiger partial charge in [0, 0.05) is 5.56 Å². The molecule has 18 heavy (non-hydrogen) atoms. The summed E-state index contributed by atoms with van der Waals surface area (Å²) in [7, 11) is 0. The summed E-state index contributed by atoms with van der Waals surface area (Å²) in [6.45, 7) is 5.92. The number of oxazole rings is 1. The Morgan fingerprint density at radius 3 is 2.83 bits per heavy atom. The predicted octanol–water partition coefficient (Wildman–Crippen LogP) is 3.74. The molecule has 0 aliphatic heterocycles. The van der Waals surface area contributed by atoms with Gasteiger partial charge in [-0.15, -0.1) is 0 Å². The van der Waals surface area contributed by atoms with Gasteiger partial charge in [0.05, 0.1) is 17.8 Å². The zero-order valence-electron chi connectivity index (χ0n) is 10.6. The van der Waals surface area contributed by atoms with Gasteiger partial charge < -0.3 is 9.73 Å². The Kier molecular flexibility index (Phi) is 4.39. The zero-order chi connectivity index (χ0) is 13.0. The second-order valence-corrected chi connectivity index (χ2v) is 5.03. The largest absolute Gasteiger partial charge is 0.439 e. The average Bonchev–Trinajstić information content (AvgIpc) is 2.78. The molecule has 0 spiro atoms. The molecule has 96 valence electrons. The summed E-state index contributed by atoms with van der Waals surface area (Å²) < 4.78 is 5.67. The fourth-order valence-electron chi connectivity index (χ4n) is 1.65. The summed E-state index contributed by atoms with van der Waals surface area (Å²) >= 11 is 6.11. The quantitative estimate of drug-likeness (QED) is 0.894. The van der Waals surface area contributed by atoms with Crippen molar-refractivity contribution in [1.29, 1.82) is 0 Å². The van der Waals surface area contributed by atoms with Crippen LogP contribution in [-0.4, -0.2) is 11.5 Å². The maximum Gasteiger partial charge on any atom is 0.208 e. The third-order valence-electron chi connectivity index (χ3n) is 2.52. The van der Waals surface area contributed by atoms with Gasteiger partial charge in [-0.05, 0) is 24.6 Å². The van der Waals surface area contributed by atoms with Gasteiger partial charge in [-0.3, -0.25) is 0 Å². The van der Waals surface area contributed by atoms with Gasteiger partial charge in [0.1, 0.15) is 0 Å². The van der Waals surface area contributed by atoms with Crippen molar-refractivity contribution in [1.82, 2.24) is 10.3 Å². The van der Waals surface area contributed by atoms with Crippen LogP contribution in [0.3, 0.4) is 0 Å². The van der Waals surface area contributed by atoms with Crippen molar-refractivity contribution >= 4 is 11.6 Å². The average molecular weight is 265 g/mol. The number of benzene rings is 1. The van der Waals surface area contributed by atoms with Gasteiger partial charge in [-0.1, -0.05) is 37.6 Å². The summed E-state index contributed by atoms with van der Waals surface area (Å²) in [4.78, 5) is 4.24. The number of nitrogens with zero attached hydrogens (tertiary/aromatic N) is 1. The minimum Gasteiger partial charge on any atom is -0.439 e. The highest BCUT2D eigenvalue weighted by Gasteiger charge is 2.09. The Hall–Kier alpha value is -1.32. The molecule has 1 aromatic carbocycles. The lowest BCUT2D eigenvalue weighted by atomic mass is 10.2. The zero-order valence-corrected chi connectivity index (χ0v) is 11.4. The predicted molar refractivity (Wildman–Crippen MR) is 73.5 cm³/mol. The minimum atomic E-state index is 0.614. The van der Waals surface area contributed by atoms with Crippen molar-refractivity contribution in [2.24, 2.45) is 5.92 Å². The van der Waals surface area contributed by atoms with Gasteiger partial charge in [-0.2, -0.15) is 0 Å². The second-order valence-electron chi connectivity index (χ2n) is 4.62. The third-order valence-corrected chi connectivity index (χ3v) is 2.85. The Morgan fingerprint density at radius 1 is 1.33 bits per heavy atom. The number of hydrogen-bond acceptors (Lipinski definition) is 3. The molecule has 1 N–H and O–H groups in total. The van der Waals surface area contributed by atoms with Gasteiger partial charge >= 0.3 is 0 Å². The van der Waals surface area contributed by atoms with Gasteiger partial charge in [0.25, 0.3) is 0 Å². The Labute approximate surface area is 112 Å². The van der Waals surface area contributed by atoms with Crippen LogP contribution in [0.25, 0.3) is 11.3 Å². The lowest BCUT2D eigenvalue weighted by Gasteiger charge is -2.04. The van der Waals surface area contributed by atoms with E-state index in [0.717, 1.165) is 12.1 Å². The maximum atomic E-state index is 6.11. The Balaban J connectivity index is 2.04. The van der Waals surface area contributed by atoms with Gasteiger partial charge in [0.2, 0.25) is 5.89 Å². The number of halogens is 1. The summed E-state index contributed by atoms with van der Waals surface area (Å²) in [6, 6.07) is 7.60. The first-order valence-electron chi connectivity index (χ1n) is 6.07. The van der Waals surface area contributed by atoms with E-state index in [4.69, 9.17) is 16.0 Å². The van der Waals surface area contributed by atoms with Crippen LogP contribution < -0.4 is 5.32 Å². The molecular formula is C14H17ClN2O. The fourth-order valence-corrected chi connectivity index (χ4v) is 1.87. The van der Waals surface area contributed by atoms with E-state index in [1.807, 2.05) is 24.3 Å². The molecule has 3 nitrogen and oxygen atoms in total. The molecule has 0 radical (unpaired) electrons. The summed E-state index contributed by atoms with van der Waals surface area (Å²) in [6.07, 6.45) is 1.72. The van der Waals surface area contributed by atoms with E-state index in [0.29, 0.717) is 29.1 Å². The van der Waals surface area contributed by atoms with E-state index in [9.17, 15) is 0 Å². The number of rotatable bonds is 5. The van der Waals surface area contributed by atoms with E-state index in [1.165, 1.54) is 0 Å². The Bertz CT molecular complexity index is 508. The van der Waals surface area contributed by atoms with Crippen molar-refractivity contribution in [3.63, 3.8) is 0 Å². The van der Waals surface area contributed by atoms with E-state index in [-0.39, 0.29) is 0 Å². The van der Waals surface area contributed by atoms with Crippen LogP contribution in [0.2, 0.25) is 5.02 Å². The van der Waals surface area contributed by atoms with Crippen LogP contribution in [-0.2, 0) is 6.54 Å². The molecule has 1 heterocycles. The molecule has 2 aromatic rings. The molecule has 0 saturated heterocycles. The number of aromatic nitrogens is 1. The van der Waals surface area contributed by atoms with E-state index in [1.54, 1.807) is 6.20 Å². The molecule has 0 aliphatic carbocycles. The molecule has 0 aliphatic rings. The van der Waals surface area contributed by atoms with Gasteiger partial charge in [-0.25, -0.2) is 4.98 Å². The SMILES string of the molecule is CC(C)CNCc1ncc(-c2ccccc2Cl)o1. The molecular weight excluding hydrogens is 248 g/mol. The summed E-state index contributed by atoms with van der Waals surface area (Å²) in [5, 5.41) is 3.97. The van der Waals surface area contributed by atoms with Crippen LogP contribution >= 0.6 is 11.6 Å². The smallest absolute Gasteiger partial charge is 0.208 e. The summed E-state index contributed by atoms with van der Waals surface area (Å²) in [5.74, 6) is 2.01.